The highest BCUT2D eigenvalue weighted by molar-refractivity contribution is 14.0. The molecule has 158 valence electrons. The maximum atomic E-state index is 12.7. The highest BCUT2D eigenvalue weighted by Gasteiger charge is 2.21. The lowest BCUT2D eigenvalue weighted by molar-refractivity contribution is -0.0505. The third kappa shape index (κ3) is 6.23. The molecule has 3 rings (SSSR count). The van der Waals surface area contributed by atoms with Gasteiger partial charge in [-0.05, 0) is 38.4 Å². The van der Waals surface area contributed by atoms with Crippen LogP contribution in [0.25, 0.3) is 0 Å². The summed E-state index contributed by atoms with van der Waals surface area (Å²) in [7, 11) is 3.81. The summed E-state index contributed by atoms with van der Waals surface area (Å²) >= 11 is 0. The van der Waals surface area contributed by atoms with Crippen molar-refractivity contribution in [2.24, 2.45) is 10.9 Å². The minimum Gasteiger partial charge on any atom is -0.454 e. The monoisotopic (exact) mass is 512 g/mol. The van der Waals surface area contributed by atoms with E-state index in [-0.39, 0.29) is 43.1 Å². The van der Waals surface area contributed by atoms with E-state index in [1.54, 1.807) is 13.1 Å². The molecule has 0 bridgehead atoms. The number of fused-ring (bicyclic) bond motifs is 1. The Hall–Kier alpha value is -1.56. The second-order valence-electron chi connectivity index (χ2n) is 6.77. The van der Waals surface area contributed by atoms with Crippen LogP contribution in [0.5, 0.6) is 17.2 Å². The molecule has 28 heavy (non-hydrogen) atoms. The van der Waals surface area contributed by atoms with Crippen LogP contribution in [0.1, 0.15) is 18.4 Å². The Kier molecular flexibility index (Phi) is 8.80. The van der Waals surface area contributed by atoms with E-state index in [1.165, 1.54) is 18.9 Å². The Morgan fingerprint density at radius 3 is 2.75 bits per heavy atom. The summed E-state index contributed by atoms with van der Waals surface area (Å²) in [4.78, 5) is 6.53. The van der Waals surface area contributed by atoms with Crippen molar-refractivity contribution < 1.29 is 23.0 Å². The SMILES string of the molecule is CN=C(NCc1cc2c(cc1OC(F)F)OCO2)NCC1CCCN(C)C1.I. The number of hydrogen-bond acceptors (Lipinski definition) is 5. The molecule has 1 aromatic rings. The molecule has 0 amide bonds. The molecule has 1 unspecified atom stereocenters. The van der Waals surface area contributed by atoms with E-state index in [0.717, 1.165) is 19.6 Å². The zero-order chi connectivity index (χ0) is 19.2. The molecule has 1 fully saturated rings. The molecule has 2 aliphatic heterocycles. The zero-order valence-corrected chi connectivity index (χ0v) is 18.4. The van der Waals surface area contributed by atoms with Crippen LogP contribution in [0.2, 0.25) is 0 Å². The third-order valence-corrected chi connectivity index (χ3v) is 4.72. The molecule has 2 N–H and O–H groups in total. The van der Waals surface area contributed by atoms with Crippen molar-refractivity contribution in [3.63, 3.8) is 0 Å². The minimum absolute atomic E-state index is 0. The normalized spacial score (nSPS) is 19.3. The van der Waals surface area contributed by atoms with Gasteiger partial charge in [0.25, 0.3) is 0 Å². The highest BCUT2D eigenvalue weighted by atomic mass is 127. The number of benzene rings is 1. The van der Waals surface area contributed by atoms with Gasteiger partial charge in [0.15, 0.2) is 17.5 Å². The zero-order valence-electron chi connectivity index (χ0n) is 16.0. The number of rotatable bonds is 6. The van der Waals surface area contributed by atoms with Crippen LogP contribution in [0.4, 0.5) is 8.78 Å². The maximum Gasteiger partial charge on any atom is 0.387 e. The summed E-state index contributed by atoms with van der Waals surface area (Å²) in [5, 5.41) is 6.46. The van der Waals surface area contributed by atoms with E-state index in [9.17, 15) is 8.78 Å². The molecule has 1 atom stereocenters. The molecule has 1 aromatic carbocycles. The number of alkyl halides is 2. The van der Waals surface area contributed by atoms with Gasteiger partial charge >= 0.3 is 6.61 Å². The van der Waals surface area contributed by atoms with Gasteiger partial charge in [0, 0.05) is 38.3 Å². The fraction of sp³-hybridized carbons (Fsp3) is 0.611. The first-order valence-corrected chi connectivity index (χ1v) is 9.05. The van der Waals surface area contributed by atoms with E-state index in [2.05, 4.69) is 32.3 Å². The van der Waals surface area contributed by atoms with Crippen LogP contribution in [0, 0.1) is 5.92 Å². The summed E-state index contributed by atoms with van der Waals surface area (Å²) in [6.45, 7) is 0.428. The topological polar surface area (TPSA) is 67.4 Å². The number of likely N-dealkylation sites (tertiary alicyclic amines) is 1. The van der Waals surface area contributed by atoms with E-state index < -0.39 is 6.61 Å². The average molecular weight is 512 g/mol. The summed E-state index contributed by atoms with van der Waals surface area (Å²) in [6.07, 6.45) is 2.38. The third-order valence-electron chi connectivity index (χ3n) is 4.72. The Labute approximate surface area is 180 Å². The fourth-order valence-electron chi connectivity index (χ4n) is 3.39. The average Bonchev–Trinajstić information content (AvgIpc) is 3.08. The summed E-state index contributed by atoms with van der Waals surface area (Å²) in [5.41, 5.74) is 0.542. The largest absolute Gasteiger partial charge is 0.454 e. The number of piperidine rings is 1. The lowest BCUT2D eigenvalue weighted by Gasteiger charge is -2.30. The highest BCUT2D eigenvalue weighted by Crippen LogP contribution is 2.38. The van der Waals surface area contributed by atoms with E-state index >= 15 is 0 Å². The summed E-state index contributed by atoms with van der Waals surface area (Å²) in [6, 6.07) is 3.08. The van der Waals surface area contributed by atoms with Gasteiger partial charge in [0.1, 0.15) is 5.75 Å². The van der Waals surface area contributed by atoms with Crippen molar-refractivity contribution in [2.75, 3.05) is 40.5 Å². The number of halogens is 3. The number of guanidine groups is 1. The predicted molar refractivity (Wildman–Crippen MR) is 113 cm³/mol. The summed E-state index contributed by atoms with van der Waals surface area (Å²) < 4.78 is 40.6. The van der Waals surface area contributed by atoms with Gasteiger partial charge in [-0.15, -0.1) is 24.0 Å². The first-order chi connectivity index (χ1) is 13.0. The predicted octanol–water partition coefficient (Wildman–Crippen LogP) is 2.64. The van der Waals surface area contributed by atoms with Gasteiger partial charge in [0.2, 0.25) is 6.79 Å². The Bertz CT molecular complexity index is 678. The molecule has 7 nitrogen and oxygen atoms in total. The molecular weight excluding hydrogens is 485 g/mol. The number of aliphatic imine (C=N–C) groups is 1. The minimum atomic E-state index is -2.91. The molecule has 10 heteroatoms. The Morgan fingerprint density at radius 2 is 2.07 bits per heavy atom. The molecule has 0 spiro atoms. The maximum absolute atomic E-state index is 12.7. The van der Waals surface area contributed by atoms with E-state index in [0.29, 0.717) is 28.9 Å². The van der Waals surface area contributed by atoms with Crippen molar-refractivity contribution in [1.82, 2.24) is 15.5 Å². The number of nitrogens with zero attached hydrogens (tertiary/aromatic N) is 2. The molecule has 2 heterocycles. The van der Waals surface area contributed by atoms with Crippen molar-refractivity contribution in [3.05, 3.63) is 17.7 Å². The van der Waals surface area contributed by atoms with Gasteiger partial charge in [0.05, 0.1) is 0 Å². The van der Waals surface area contributed by atoms with Crippen LogP contribution in [-0.4, -0.2) is 58.0 Å². The molecule has 0 saturated carbocycles. The summed E-state index contributed by atoms with van der Waals surface area (Å²) in [5.74, 6) is 2.15. The van der Waals surface area contributed by atoms with Gasteiger partial charge in [-0.25, -0.2) is 0 Å². The molecule has 0 aromatic heterocycles. The van der Waals surface area contributed by atoms with Crippen molar-refractivity contribution in [2.45, 2.75) is 26.0 Å². The van der Waals surface area contributed by atoms with Gasteiger partial charge in [-0.3, -0.25) is 4.99 Å². The Balaban J connectivity index is 0.00000280. The second-order valence-corrected chi connectivity index (χ2v) is 6.77. The smallest absolute Gasteiger partial charge is 0.387 e. The van der Waals surface area contributed by atoms with Crippen LogP contribution >= 0.6 is 24.0 Å². The number of nitrogens with one attached hydrogen (secondary N) is 2. The van der Waals surface area contributed by atoms with Crippen LogP contribution in [-0.2, 0) is 6.54 Å². The lowest BCUT2D eigenvalue weighted by Crippen LogP contribution is -2.43. The quantitative estimate of drug-likeness (QED) is 0.347. The molecular formula is C18H27F2IN4O3. The van der Waals surface area contributed by atoms with Gasteiger partial charge in [-0.2, -0.15) is 8.78 Å². The molecule has 1 saturated heterocycles. The van der Waals surface area contributed by atoms with Crippen molar-refractivity contribution >= 4 is 29.9 Å². The van der Waals surface area contributed by atoms with E-state index in [4.69, 9.17) is 9.47 Å². The first kappa shape index (κ1) is 22.7. The van der Waals surface area contributed by atoms with Crippen LogP contribution in [0.3, 0.4) is 0 Å². The van der Waals surface area contributed by atoms with Crippen molar-refractivity contribution in [3.8, 4) is 17.2 Å². The second kappa shape index (κ2) is 10.8. The molecule has 0 aliphatic carbocycles. The molecule has 0 radical (unpaired) electrons. The molecule has 2 aliphatic rings. The lowest BCUT2D eigenvalue weighted by atomic mass is 9.99. The first-order valence-electron chi connectivity index (χ1n) is 9.05. The standard InChI is InChI=1S/C18H26F2N4O3.HI/c1-21-18(22-8-12-4-3-5-24(2)10-12)23-9-13-6-15-16(26-11-25-15)7-14(13)27-17(19)20;/h6-7,12,17H,3-5,8-11H2,1-2H3,(H2,21,22,23);1H. The number of ether oxygens (including phenoxy) is 3. The van der Waals surface area contributed by atoms with Gasteiger partial charge in [-0.1, -0.05) is 0 Å². The van der Waals surface area contributed by atoms with E-state index in [1.807, 2.05) is 0 Å². The fourth-order valence-corrected chi connectivity index (χ4v) is 3.39. The van der Waals surface area contributed by atoms with Gasteiger partial charge < -0.3 is 29.7 Å². The number of hydrogen-bond donors (Lipinski definition) is 2. The van der Waals surface area contributed by atoms with Crippen molar-refractivity contribution in [1.29, 1.82) is 0 Å². The van der Waals surface area contributed by atoms with Crippen LogP contribution in [0.15, 0.2) is 17.1 Å². The Morgan fingerprint density at radius 1 is 1.32 bits per heavy atom. The van der Waals surface area contributed by atoms with Crippen LogP contribution < -0.4 is 24.8 Å².